The molecule has 1 fully saturated rings. The Morgan fingerprint density at radius 3 is 2.55 bits per heavy atom. The van der Waals surface area contributed by atoms with Gasteiger partial charge in [-0.15, -0.1) is 12.6 Å². The standard InChI is InChI=1S/C14H24O5S/c1-8-6-14(20,13(16)17-5)19-12(10(8)3)9(2)7-18-11(4)15/h8-10,12,20H,6-7H2,1-5H3/t8-,9-,10-,12?,14+/m1/s1. The van der Waals surface area contributed by atoms with Crippen LogP contribution in [-0.4, -0.2) is 36.7 Å². The van der Waals surface area contributed by atoms with Crippen molar-refractivity contribution in [2.45, 2.75) is 45.2 Å². The maximum absolute atomic E-state index is 11.9. The normalized spacial score (nSPS) is 35.2. The van der Waals surface area contributed by atoms with Crippen molar-refractivity contribution in [1.82, 2.24) is 0 Å². The van der Waals surface area contributed by atoms with Crippen LogP contribution in [0.2, 0.25) is 0 Å². The van der Waals surface area contributed by atoms with Gasteiger partial charge in [0.05, 0.1) is 19.8 Å². The maximum Gasteiger partial charge on any atom is 0.348 e. The highest BCUT2D eigenvalue weighted by Crippen LogP contribution is 2.42. The average Bonchev–Trinajstić information content (AvgIpc) is 2.39. The summed E-state index contributed by atoms with van der Waals surface area (Å²) in [5.74, 6) is -0.328. The van der Waals surface area contributed by atoms with E-state index in [1.54, 1.807) is 0 Å². The van der Waals surface area contributed by atoms with Crippen molar-refractivity contribution in [2.75, 3.05) is 13.7 Å². The number of carbonyl (C=O) groups excluding carboxylic acids is 2. The second kappa shape index (κ2) is 6.80. The number of methoxy groups -OCH3 is 1. The molecule has 1 unspecified atom stereocenters. The van der Waals surface area contributed by atoms with Crippen LogP contribution in [0.3, 0.4) is 0 Å². The Hall–Kier alpha value is -0.750. The van der Waals surface area contributed by atoms with E-state index in [1.165, 1.54) is 14.0 Å². The van der Waals surface area contributed by atoms with Crippen LogP contribution in [0, 0.1) is 17.8 Å². The van der Waals surface area contributed by atoms with E-state index in [1.807, 2.05) is 6.92 Å². The van der Waals surface area contributed by atoms with Gasteiger partial charge in [0.2, 0.25) is 4.93 Å². The van der Waals surface area contributed by atoms with Crippen LogP contribution in [0.15, 0.2) is 0 Å². The van der Waals surface area contributed by atoms with Gasteiger partial charge in [-0.25, -0.2) is 4.79 Å². The second-order valence-electron chi connectivity index (χ2n) is 5.68. The van der Waals surface area contributed by atoms with E-state index < -0.39 is 10.9 Å². The number of esters is 2. The van der Waals surface area contributed by atoms with Gasteiger partial charge in [0.1, 0.15) is 0 Å². The van der Waals surface area contributed by atoms with E-state index in [0.717, 1.165) is 0 Å². The molecule has 1 saturated heterocycles. The summed E-state index contributed by atoms with van der Waals surface area (Å²) < 4.78 is 15.7. The monoisotopic (exact) mass is 304 g/mol. The zero-order valence-electron chi connectivity index (χ0n) is 12.7. The van der Waals surface area contributed by atoms with Gasteiger partial charge in [-0.1, -0.05) is 20.8 Å². The molecular weight excluding hydrogens is 280 g/mol. The molecule has 1 aliphatic heterocycles. The zero-order chi connectivity index (χ0) is 15.5. The van der Waals surface area contributed by atoms with Crippen LogP contribution in [0.5, 0.6) is 0 Å². The molecule has 1 rings (SSSR count). The van der Waals surface area contributed by atoms with Gasteiger partial charge in [-0.3, -0.25) is 4.79 Å². The molecule has 1 aliphatic rings. The van der Waals surface area contributed by atoms with E-state index in [0.29, 0.717) is 6.42 Å². The third-order valence-electron chi connectivity index (χ3n) is 3.96. The predicted molar refractivity (Wildman–Crippen MR) is 77.3 cm³/mol. The topological polar surface area (TPSA) is 61.8 Å². The predicted octanol–water partition coefficient (Wildman–Crippen LogP) is 2.05. The maximum atomic E-state index is 11.9. The quantitative estimate of drug-likeness (QED) is 0.636. The molecule has 0 aromatic heterocycles. The minimum absolute atomic E-state index is 0.0205. The first-order valence-corrected chi connectivity index (χ1v) is 7.28. The SMILES string of the molecule is COC(=O)[C@@]1(S)C[C@@H](C)[C@@H](C)C([C@H](C)COC(C)=O)O1. The van der Waals surface area contributed by atoms with Crippen molar-refractivity contribution >= 4 is 24.6 Å². The lowest BCUT2D eigenvalue weighted by Gasteiger charge is -2.45. The van der Waals surface area contributed by atoms with Crippen molar-refractivity contribution in [3.8, 4) is 0 Å². The fraction of sp³-hybridized carbons (Fsp3) is 0.857. The summed E-state index contributed by atoms with van der Waals surface area (Å²) in [5.41, 5.74) is 0. The lowest BCUT2D eigenvalue weighted by Crippen LogP contribution is -2.52. The highest BCUT2D eigenvalue weighted by Gasteiger charge is 2.49. The van der Waals surface area contributed by atoms with Crippen molar-refractivity contribution in [3.05, 3.63) is 0 Å². The largest absolute Gasteiger partial charge is 0.466 e. The molecule has 5 nitrogen and oxygen atoms in total. The number of hydrogen-bond acceptors (Lipinski definition) is 6. The van der Waals surface area contributed by atoms with E-state index >= 15 is 0 Å². The van der Waals surface area contributed by atoms with E-state index in [4.69, 9.17) is 14.2 Å². The Morgan fingerprint density at radius 2 is 2.05 bits per heavy atom. The smallest absolute Gasteiger partial charge is 0.348 e. The van der Waals surface area contributed by atoms with Gasteiger partial charge in [0.15, 0.2) is 0 Å². The van der Waals surface area contributed by atoms with Crippen molar-refractivity contribution in [1.29, 1.82) is 0 Å². The lowest BCUT2D eigenvalue weighted by atomic mass is 9.79. The molecule has 6 heteroatoms. The van der Waals surface area contributed by atoms with E-state index in [9.17, 15) is 9.59 Å². The van der Waals surface area contributed by atoms with Gasteiger partial charge in [0, 0.05) is 12.8 Å². The lowest BCUT2D eigenvalue weighted by molar-refractivity contribution is -0.188. The Bertz CT molecular complexity index is 373. The zero-order valence-corrected chi connectivity index (χ0v) is 13.6. The molecule has 0 N–H and O–H groups in total. The molecule has 0 spiro atoms. The average molecular weight is 304 g/mol. The fourth-order valence-electron chi connectivity index (χ4n) is 2.60. The number of rotatable bonds is 4. The number of carbonyl (C=O) groups is 2. The van der Waals surface area contributed by atoms with Crippen LogP contribution in [0.1, 0.15) is 34.1 Å². The summed E-state index contributed by atoms with van der Waals surface area (Å²) in [7, 11) is 1.32. The summed E-state index contributed by atoms with van der Waals surface area (Å²) in [5, 5.41) is 0. The summed E-state index contributed by atoms with van der Waals surface area (Å²) in [6, 6.07) is 0. The molecule has 116 valence electrons. The van der Waals surface area contributed by atoms with Crippen LogP contribution in [0.4, 0.5) is 0 Å². The minimum Gasteiger partial charge on any atom is -0.466 e. The van der Waals surface area contributed by atoms with Crippen LogP contribution < -0.4 is 0 Å². The summed E-state index contributed by atoms with van der Waals surface area (Å²) in [6.07, 6.45) is 0.287. The van der Waals surface area contributed by atoms with Crippen molar-refractivity contribution < 1.29 is 23.8 Å². The van der Waals surface area contributed by atoms with E-state index in [2.05, 4.69) is 26.5 Å². The number of hydrogen-bond donors (Lipinski definition) is 1. The molecule has 0 aliphatic carbocycles. The Labute approximate surface area is 125 Å². The first-order valence-electron chi connectivity index (χ1n) is 6.83. The Morgan fingerprint density at radius 1 is 1.45 bits per heavy atom. The third-order valence-corrected chi connectivity index (χ3v) is 4.43. The summed E-state index contributed by atoms with van der Waals surface area (Å²) >= 11 is 4.38. The molecule has 1 heterocycles. The number of thiol groups is 1. The molecule has 0 aromatic carbocycles. The molecule has 0 amide bonds. The minimum atomic E-state index is -1.23. The molecule has 20 heavy (non-hydrogen) atoms. The summed E-state index contributed by atoms with van der Waals surface area (Å²) in [4.78, 5) is 21.5. The highest BCUT2D eigenvalue weighted by molar-refractivity contribution is 7.82. The van der Waals surface area contributed by atoms with Gasteiger partial charge in [-0.05, 0) is 18.3 Å². The fourth-order valence-corrected chi connectivity index (χ4v) is 3.10. The highest BCUT2D eigenvalue weighted by atomic mass is 32.1. The molecule has 0 radical (unpaired) electrons. The molecule has 0 saturated carbocycles. The van der Waals surface area contributed by atoms with Crippen molar-refractivity contribution in [3.63, 3.8) is 0 Å². The molecule has 0 aromatic rings. The first kappa shape index (κ1) is 17.3. The van der Waals surface area contributed by atoms with Gasteiger partial charge >= 0.3 is 11.9 Å². The van der Waals surface area contributed by atoms with Gasteiger partial charge in [-0.2, -0.15) is 0 Å². The Kier molecular flexibility index (Phi) is 5.89. The summed E-state index contributed by atoms with van der Waals surface area (Å²) in [6.45, 7) is 7.71. The van der Waals surface area contributed by atoms with Gasteiger partial charge < -0.3 is 14.2 Å². The second-order valence-corrected chi connectivity index (χ2v) is 6.40. The molecular formula is C14H24O5S. The molecule has 5 atom stereocenters. The van der Waals surface area contributed by atoms with Crippen LogP contribution >= 0.6 is 12.6 Å². The van der Waals surface area contributed by atoms with Crippen LogP contribution in [0.25, 0.3) is 0 Å². The first-order chi connectivity index (χ1) is 9.21. The number of ether oxygens (including phenoxy) is 3. The van der Waals surface area contributed by atoms with Crippen molar-refractivity contribution in [2.24, 2.45) is 17.8 Å². The third kappa shape index (κ3) is 3.88. The van der Waals surface area contributed by atoms with Crippen LogP contribution in [-0.2, 0) is 23.8 Å². The van der Waals surface area contributed by atoms with E-state index in [-0.39, 0.29) is 36.4 Å². The molecule has 0 bridgehead atoms. The van der Waals surface area contributed by atoms with Gasteiger partial charge in [0.25, 0.3) is 0 Å². The Balaban J connectivity index is 2.82.